The summed E-state index contributed by atoms with van der Waals surface area (Å²) in [5.74, 6) is 0.284. The SMILES string of the molecule is CCCN(C[C@H](C)Nc1ncc(Cl)c(-c2cn(COCC[Si](C)(C)C)c3c(S(C)(=O)=O)c(C#N)ccc23)n1)C(=O)OC(C)(C)C. The zero-order chi connectivity index (χ0) is 33.7. The third-order valence-electron chi connectivity index (χ3n) is 6.73. The molecule has 45 heavy (non-hydrogen) atoms. The Hall–Kier alpha value is -3.18. The van der Waals surface area contributed by atoms with Crippen LogP contribution in [-0.4, -0.2) is 79.6 Å². The number of nitrogens with one attached hydrogen (secondary N) is 1. The van der Waals surface area contributed by atoms with Gasteiger partial charge < -0.3 is 24.3 Å². The Morgan fingerprint density at radius 2 is 1.96 bits per heavy atom. The van der Waals surface area contributed by atoms with Crippen LogP contribution in [0.15, 0.2) is 29.4 Å². The lowest BCUT2D eigenvalue weighted by molar-refractivity contribution is 0.0244. The summed E-state index contributed by atoms with van der Waals surface area (Å²) < 4.78 is 39.3. The van der Waals surface area contributed by atoms with Crippen LogP contribution in [0.25, 0.3) is 22.2 Å². The van der Waals surface area contributed by atoms with Crippen molar-refractivity contribution in [3.63, 3.8) is 0 Å². The molecule has 0 aliphatic rings. The van der Waals surface area contributed by atoms with Crippen LogP contribution in [0, 0.1) is 11.3 Å². The predicted octanol–water partition coefficient (Wildman–Crippen LogP) is 6.79. The molecule has 14 heteroatoms. The second-order valence-corrected chi connectivity index (χ2v) is 21.4. The number of nitrogens with zero attached hydrogens (tertiary/aromatic N) is 5. The summed E-state index contributed by atoms with van der Waals surface area (Å²) in [5, 5.41) is 13.9. The van der Waals surface area contributed by atoms with Crippen molar-refractivity contribution in [3.8, 4) is 17.3 Å². The van der Waals surface area contributed by atoms with Crippen LogP contribution < -0.4 is 5.32 Å². The van der Waals surface area contributed by atoms with Crippen molar-refractivity contribution in [3.05, 3.63) is 35.1 Å². The predicted molar refractivity (Wildman–Crippen MR) is 181 cm³/mol. The molecule has 0 unspecified atom stereocenters. The van der Waals surface area contributed by atoms with Gasteiger partial charge in [-0.3, -0.25) is 0 Å². The molecule has 1 N–H and O–H groups in total. The van der Waals surface area contributed by atoms with Crippen molar-refractivity contribution >= 4 is 52.5 Å². The van der Waals surface area contributed by atoms with Gasteiger partial charge in [0.1, 0.15) is 23.3 Å². The number of sulfone groups is 1. The first-order valence-corrected chi connectivity index (χ1v) is 20.9. The first-order valence-electron chi connectivity index (χ1n) is 15.0. The summed E-state index contributed by atoms with van der Waals surface area (Å²) in [7, 11) is -5.15. The van der Waals surface area contributed by atoms with Gasteiger partial charge in [0.25, 0.3) is 0 Å². The average Bonchev–Trinajstić information content (AvgIpc) is 3.27. The fraction of sp³-hybridized carbons (Fsp3) is 0.548. The Kier molecular flexibility index (Phi) is 11.7. The van der Waals surface area contributed by atoms with Gasteiger partial charge in [-0.15, -0.1) is 0 Å². The highest BCUT2D eigenvalue weighted by atomic mass is 35.5. The largest absolute Gasteiger partial charge is 0.444 e. The van der Waals surface area contributed by atoms with Gasteiger partial charge in [-0.2, -0.15) is 5.26 Å². The van der Waals surface area contributed by atoms with Crippen LogP contribution in [0.2, 0.25) is 30.7 Å². The number of rotatable bonds is 13. The van der Waals surface area contributed by atoms with E-state index in [9.17, 15) is 18.5 Å². The van der Waals surface area contributed by atoms with E-state index < -0.39 is 29.6 Å². The van der Waals surface area contributed by atoms with Crippen LogP contribution in [0.5, 0.6) is 0 Å². The van der Waals surface area contributed by atoms with E-state index in [-0.39, 0.29) is 34.2 Å². The highest BCUT2D eigenvalue weighted by molar-refractivity contribution is 7.91. The number of carbonyl (C=O) groups is 1. The summed E-state index contributed by atoms with van der Waals surface area (Å²) in [6.07, 6.45) is 4.69. The van der Waals surface area contributed by atoms with Crippen molar-refractivity contribution in [2.75, 3.05) is 31.3 Å². The molecule has 3 aromatic rings. The number of ether oxygens (including phenoxy) is 2. The van der Waals surface area contributed by atoms with Crippen LogP contribution in [0.3, 0.4) is 0 Å². The molecule has 0 bridgehead atoms. The minimum atomic E-state index is -3.80. The zero-order valence-electron chi connectivity index (χ0n) is 27.7. The first kappa shape index (κ1) is 36.3. The smallest absolute Gasteiger partial charge is 0.410 e. The van der Waals surface area contributed by atoms with Gasteiger partial charge in [-0.05, 0) is 46.2 Å². The van der Waals surface area contributed by atoms with E-state index in [1.54, 1.807) is 21.7 Å². The van der Waals surface area contributed by atoms with Gasteiger partial charge >= 0.3 is 6.09 Å². The monoisotopic (exact) mass is 676 g/mol. The molecule has 0 fully saturated rings. The number of hydrogen-bond donors (Lipinski definition) is 1. The molecule has 11 nitrogen and oxygen atoms in total. The summed E-state index contributed by atoms with van der Waals surface area (Å²) in [6, 6.07) is 5.91. The van der Waals surface area contributed by atoms with E-state index in [0.29, 0.717) is 41.9 Å². The fourth-order valence-corrected chi connectivity index (χ4v) is 6.78. The highest BCUT2D eigenvalue weighted by Crippen LogP contribution is 2.38. The van der Waals surface area contributed by atoms with Crippen LogP contribution >= 0.6 is 11.6 Å². The Morgan fingerprint density at radius 1 is 1.27 bits per heavy atom. The van der Waals surface area contributed by atoms with E-state index in [4.69, 9.17) is 26.1 Å². The molecule has 0 spiro atoms. The quantitative estimate of drug-likeness (QED) is 0.153. The number of nitriles is 1. The lowest BCUT2D eigenvalue weighted by atomic mass is 10.1. The lowest BCUT2D eigenvalue weighted by Gasteiger charge is -2.29. The minimum absolute atomic E-state index is 0.0459. The third-order valence-corrected chi connectivity index (χ3v) is 9.86. The Balaban J connectivity index is 2.03. The second-order valence-electron chi connectivity index (χ2n) is 13.4. The number of amides is 1. The van der Waals surface area contributed by atoms with E-state index in [1.165, 1.54) is 12.3 Å². The molecular formula is C31H45ClN6O5SSi. The van der Waals surface area contributed by atoms with E-state index in [2.05, 4.69) is 29.9 Å². The molecule has 0 saturated carbocycles. The maximum Gasteiger partial charge on any atom is 0.410 e. The van der Waals surface area contributed by atoms with E-state index in [1.807, 2.05) is 40.7 Å². The summed E-state index contributed by atoms with van der Waals surface area (Å²) >= 11 is 6.64. The maximum atomic E-state index is 13.0. The number of hydrogen-bond acceptors (Lipinski definition) is 9. The van der Waals surface area contributed by atoms with Gasteiger partial charge in [0.05, 0.1) is 28.0 Å². The molecule has 1 amide bonds. The zero-order valence-corrected chi connectivity index (χ0v) is 30.3. The summed E-state index contributed by atoms with van der Waals surface area (Å²) in [4.78, 5) is 23.4. The van der Waals surface area contributed by atoms with Gasteiger partial charge in [0.15, 0.2) is 9.84 Å². The summed E-state index contributed by atoms with van der Waals surface area (Å²) in [6.45, 7) is 17.6. The van der Waals surface area contributed by atoms with Crippen molar-refractivity contribution in [2.45, 2.75) is 90.0 Å². The average molecular weight is 677 g/mol. The molecular weight excluding hydrogens is 632 g/mol. The molecule has 2 aromatic heterocycles. The Bertz CT molecular complexity index is 1670. The van der Waals surface area contributed by atoms with Crippen molar-refractivity contribution in [1.29, 1.82) is 5.26 Å². The number of aromatic nitrogens is 3. The molecule has 0 saturated heterocycles. The number of anilines is 1. The van der Waals surface area contributed by atoms with Gasteiger partial charge in [0.2, 0.25) is 5.95 Å². The van der Waals surface area contributed by atoms with Crippen molar-refractivity contribution in [1.82, 2.24) is 19.4 Å². The molecule has 1 aromatic carbocycles. The minimum Gasteiger partial charge on any atom is -0.444 e. The molecule has 1 atom stereocenters. The molecule has 0 radical (unpaired) electrons. The van der Waals surface area contributed by atoms with E-state index in [0.717, 1.165) is 18.7 Å². The normalized spacial score (nSPS) is 13.0. The van der Waals surface area contributed by atoms with Crippen LogP contribution in [-0.2, 0) is 26.0 Å². The maximum absolute atomic E-state index is 13.0. The van der Waals surface area contributed by atoms with Crippen LogP contribution in [0.1, 0.15) is 46.6 Å². The molecule has 0 aliphatic carbocycles. The first-order chi connectivity index (χ1) is 20.8. The van der Waals surface area contributed by atoms with Gasteiger partial charge in [0, 0.05) is 57.2 Å². The number of halogens is 1. The highest BCUT2D eigenvalue weighted by Gasteiger charge is 2.26. The fourth-order valence-electron chi connectivity index (χ4n) is 4.73. The summed E-state index contributed by atoms with van der Waals surface area (Å²) in [5.41, 5.74) is 0.734. The number of benzene rings is 1. The third kappa shape index (κ3) is 9.90. The number of fused-ring (bicyclic) bond motifs is 1. The van der Waals surface area contributed by atoms with Crippen molar-refractivity contribution < 1.29 is 22.7 Å². The Labute approximate surface area is 272 Å². The standard InChI is InChI=1S/C31H45ClN6O5SSi/c1-10-13-37(30(39)43-31(3,4)5)18-21(2)35-29-34-17-25(32)26(36-29)24-19-38(20-42-14-15-45(7,8)9)27-23(24)12-11-22(16-33)28(27)44(6,40)41/h11-12,17,19,21H,10,13-15,18,20H2,1-9H3,(H,34,35,36)/t21-/m0/s1. The molecule has 246 valence electrons. The molecule has 0 aliphatic heterocycles. The topological polar surface area (TPSA) is 139 Å². The number of carbonyl (C=O) groups excluding carboxylic acids is 1. The lowest BCUT2D eigenvalue weighted by Crippen LogP contribution is -2.42. The van der Waals surface area contributed by atoms with Crippen molar-refractivity contribution in [2.24, 2.45) is 0 Å². The Morgan fingerprint density at radius 3 is 2.53 bits per heavy atom. The van der Waals surface area contributed by atoms with Gasteiger partial charge in [-0.1, -0.05) is 44.2 Å². The second kappa shape index (κ2) is 14.5. The van der Waals surface area contributed by atoms with Crippen LogP contribution in [0.4, 0.5) is 10.7 Å². The van der Waals surface area contributed by atoms with Gasteiger partial charge in [-0.25, -0.2) is 23.2 Å². The molecule has 3 rings (SSSR count). The van der Waals surface area contributed by atoms with E-state index >= 15 is 0 Å². The molecule has 2 heterocycles.